The van der Waals surface area contributed by atoms with Crippen molar-refractivity contribution >= 4 is 23.6 Å². The van der Waals surface area contributed by atoms with Gasteiger partial charge in [-0.25, -0.2) is 0 Å². The van der Waals surface area contributed by atoms with Gasteiger partial charge in [0.1, 0.15) is 16.9 Å². The topological polar surface area (TPSA) is 102 Å². The number of nitrogens with one attached hydrogen (secondary N) is 1. The fourth-order valence-corrected chi connectivity index (χ4v) is 8.63. The average Bonchev–Trinajstić information content (AvgIpc) is 3.47. The summed E-state index contributed by atoms with van der Waals surface area (Å²) in [5, 5.41) is 17.4. The summed E-state index contributed by atoms with van der Waals surface area (Å²) >= 11 is 1.64. The average molecular weight is 475 g/mol. The van der Waals surface area contributed by atoms with Gasteiger partial charge in [0.05, 0.1) is 0 Å². The number of carboxylic acid groups (broad SMARTS) is 1. The van der Waals surface area contributed by atoms with Gasteiger partial charge in [0.25, 0.3) is 11.8 Å². The van der Waals surface area contributed by atoms with Gasteiger partial charge in [-0.15, -0.1) is 11.8 Å². The maximum absolute atomic E-state index is 13.5. The molecule has 180 valence electrons. The van der Waals surface area contributed by atoms with Crippen LogP contribution in [0.1, 0.15) is 94.0 Å². The van der Waals surface area contributed by atoms with E-state index in [1.807, 2.05) is 0 Å². The molecule has 0 radical (unpaired) electrons. The van der Waals surface area contributed by atoms with Crippen molar-refractivity contribution in [3.8, 4) is 5.88 Å². The molecule has 0 aliphatic heterocycles. The quantitative estimate of drug-likeness (QED) is 0.544. The molecule has 33 heavy (non-hydrogen) atoms. The molecule has 4 bridgehead atoms. The molecule has 1 aromatic rings. The van der Waals surface area contributed by atoms with Gasteiger partial charge in [-0.3, -0.25) is 9.59 Å². The number of aromatic nitrogens is 1. The summed E-state index contributed by atoms with van der Waals surface area (Å²) < 4.78 is 11.5. The van der Waals surface area contributed by atoms with Gasteiger partial charge in [0, 0.05) is 10.8 Å². The molecule has 1 amide bonds. The van der Waals surface area contributed by atoms with E-state index in [1.165, 1.54) is 38.5 Å². The van der Waals surface area contributed by atoms with Crippen LogP contribution in [0, 0.1) is 23.2 Å². The summed E-state index contributed by atoms with van der Waals surface area (Å²) in [5.41, 5.74) is -0.916. The number of aliphatic carboxylic acids is 1. The summed E-state index contributed by atoms with van der Waals surface area (Å²) in [7, 11) is 0. The Morgan fingerprint density at radius 3 is 2.27 bits per heavy atom. The molecule has 0 atom stereocenters. The number of hydrogen-bond donors (Lipinski definition) is 2. The number of ether oxygens (including phenoxy) is 1. The van der Waals surface area contributed by atoms with Crippen LogP contribution in [-0.2, 0) is 4.79 Å². The van der Waals surface area contributed by atoms with Crippen molar-refractivity contribution in [3.63, 3.8) is 0 Å². The standard InChI is InChI=1S/C25H34N2O5S/c28-21(26-25-11-15-8-16(12-25)10-17(9-15)13-25)19-20(33-18-4-2-1-3-5-18)22(27-32-19)31-14-24(6-7-24)23(29)30/h15-18H,1-14H2,(H,26,28)(H,29,30). The van der Waals surface area contributed by atoms with E-state index in [1.54, 1.807) is 11.8 Å². The third-order valence-electron chi connectivity index (χ3n) is 8.87. The predicted molar refractivity (Wildman–Crippen MR) is 122 cm³/mol. The highest BCUT2D eigenvalue weighted by atomic mass is 32.2. The number of amides is 1. The fourth-order valence-electron chi connectivity index (χ4n) is 7.30. The van der Waals surface area contributed by atoms with Gasteiger partial charge in [0.2, 0.25) is 5.76 Å². The zero-order valence-electron chi connectivity index (χ0n) is 19.1. The monoisotopic (exact) mass is 474 g/mol. The first kappa shape index (κ1) is 21.8. The number of carbonyl (C=O) groups is 2. The molecule has 7 nitrogen and oxygen atoms in total. The van der Waals surface area contributed by atoms with Crippen LogP contribution in [0.3, 0.4) is 0 Å². The molecule has 0 spiro atoms. The number of thioether (sulfide) groups is 1. The Balaban J connectivity index is 1.22. The SMILES string of the molecule is O=C(NC12CC3CC(CC(C3)C1)C2)c1onc(OCC2(C(=O)O)CC2)c1SC1CCCCC1. The summed E-state index contributed by atoms with van der Waals surface area (Å²) in [6.45, 7) is 0.0725. The molecule has 0 saturated heterocycles. The molecule has 6 fully saturated rings. The molecule has 6 aliphatic rings. The van der Waals surface area contributed by atoms with Gasteiger partial charge in [0.15, 0.2) is 0 Å². The van der Waals surface area contributed by atoms with Crippen LogP contribution in [0.15, 0.2) is 9.42 Å². The molecular weight excluding hydrogens is 440 g/mol. The summed E-state index contributed by atoms with van der Waals surface area (Å²) in [4.78, 5) is 25.8. The summed E-state index contributed by atoms with van der Waals surface area (Å²) in [6, 6.07) is 0. The van der Waals surface area contributed by atoms with E-state index in [9.17, 15) is 14.7 Å². The van der Waals surface area contributed by atoms with E-state index in [0.717, 1.165) is 49.9 Å². The molecule has 8 heteroatoms. The van der Waals surface area contributed by atoms with Crippen molar-refractivity contribution in [2.24, 2.45) is 23.2 Å². The largest absolute Gasteiger partial charge is 0.481 e. The Morgan fingerprint density at radius 2 is 1.70 bits per heavy atom. The van der Waals surface area contributed by atoms with Crippen LogP contribution in [-0.4, -0.2) is 39.5 Å². The first-order chi connectivity index (χ1) is 15.9. The van der Waals surface area contributed by atoms with Crippen molar-refractivity contribution < 1.29 is 24.0 Å². The summed E-state index contributed by atoms with van der Waals surface area (Å²) in [6.07, 6.45) is 14.3. The Kier molecular flexibility index (Phi) is 5.42. The highest BCUT2D eigenvalue weighted by Crippen LogP contribution is 2.56. The summed E-state index contributed by atoms with van der Waals surface area (Å²) in [5.74, 6) is 1.75. The third-order valence-corrected chi connectivity index (χ3v) is 10.3. The highest BCUT2D eigenvalue weighted by molar-refractivity contribution is 8.00. The van der Waals surface area contributed by atoms with Gasteiger partial charge in [-0.1, -0.05) is 19.3 Å². The molecule has 1 heterocycles. The Morgan fingerprint density at radius 1 is 1.06 bits per heavy atom. The van der Waals surface area contributed by atoms with E-state index < -0.39 is 11.4 Å². The lowest BCUT2D eigenvalue weighted by molar-refractivity contribution is -0.144. The smallest absolute Gasteiger partial charge is 0.313 e. The van der Waals surface area contributed by atoms with Crippen LogP contribution in [0.4, 0.5) is 0 Å². The Hall–Kier alpha value is -1.70. The third kappa shape index (κ3) is 4.17. The first-order valence-electron chi connectivity index (χ1n) is 12.8. The van der Waals surface area contributed by atoms with Crippen LogP contribution in [0.5, 0.6) is 5.88 Å². The van der Waals surface area contributed by atoms with E-state index >= 15 is 0 Å². The highest BCUT2D eigenvalue weighted by Gasteiger charge is 2.53. The van der Waals surface area contributed by atoms with Crippen molar-refractivity contribution in [3.05, 3.63) is 5.76 Å². The van der Waals surface area contributed by atoms with Crippen LogP contribution < -0.4 is 10.1 Å². The zero-order chi connectivity index (χ0) is 22.6. The van der Waals surface area contributed by atoms with Crippen molar-refractivity contribution in [1.82, 2.24) is 10.5 Å². The molecule has 6 saturated carbocycles. The van der Waals surface area contributed by atoms with Gasteiger partial charge >= 0.3 is 5.97 Å². The first-order valence-corrected chi connectivity index (χ1v) is 13.7. The fraction of sp³-hybridized carbons (Fsp3) is 0.800. The van der Waals surface area contributed by atoms with E-state index in [0.29, 0.717) is 23.0 Å². The van der Waals surface area contributed by atoms with E-state index in [2.05, 4.69) is 10.5 Å². The van der Waals surface area contributed by atoms with Crippen molar-refractivity contribution in [2.75, 3.05) is 6.61 Å². The van der Waals surface area contributed by atoms with E-state index in [-0.39, 0.29) is 29.7 Å². The maximum atomic E-state index is 13.5. The second-order valence-corrected chi connectivity index (χ2v) is 12.9. The molecule has 7 rings (SSSR count). The second kappa shape index (κ2) is 8.21. The number of hydrogen-bond acceptors (Lipinski definition) is 6. The number of rotatable bonds is 8. The van der Waals surface area contributed by atoms with Gasteiger partial charge < -0.3 is 19.7 Å². The number of carbonyl (C=O) groups excluding carboxylic acids is 1. The normalized spacial score (nSPS) is 34.2. The van der Waals surface area contributed by atoms with Crippen molar-refractivity contribution in [1.29, 1.82) is 0 Å². The number of carboxylic acids is 1. The second-order valence-electron chi connectivity index (χ2n) is 11.6. The minimum Gasteiger partial charge on any atom is -0.481 e. The molecule has 6 aliphatic carbocycles. The van der Waals surface area contributed by atoms with Crippen LogP contribution >= 0.6 is 11.8 Å². The minimum atomic E-state index is -0.827. The van der Waals surface area contributed by atoms with Crippen LogP contribution in [0.2, 0.25) is 0 Å². The maximum Gasteiger partial charge on any atom is 0.313 e. The lowest BCUT2D eigenvalue weighted by Gasteiger charge is -2.56. The zero-order valence-corrected chi connectivity index (χ0v) is 20.0. The van der Waals surface area contributed by atoms with E-state index in [4.69, 9.17) is 9.26 Å². The predicted octanol–water partition coefficient (Wildman–Crippen LogP) is 5.04. The van der Waals surface area contributed by atoms with Crippen LogP contribution in [0.25, 0.3) is 0 Å². The lowest BCUT2D eigenvalue weighted by atomic mass is 9.53. The molecule has 0 unspecified atom stereocenters. The Labute approximate surface area is 198 Å². The Bertz CT molecular complexity index is 898. The minimum absolute atomic E-state index is 0.0725. The van der Waals surface area contributed by atoms with Crippen molar-refractivity contribution in [2.45, 2.75) is 99.2 Å². The molecular formula is C25H34N2O5S. The van der Waals surface area contributed by atoms with Gasteiger partial charge in [-0.2, -0.15) is 0 Å². The number of nitrogens with zero attached hydrogens (tertiary/aromatic N) is 1. The van der Waals surface area contributed by atoms with Gasteiger partial charge in [-0.05, 0) is 87.1 Å². The molecule has 2 N–H and O–H groups in total. The molecule has 1 aromatic heterocycles. The lowest BCUT2D eigenvalue weighted by Crippen LogP contribution is -2.59. The molecule has 0 aromatic carbocycles.